The fourth-order valence-corrected chi connectivity index (χ4v) is 8.55. The van der Waals surface area contributed by atoms with E-state index in [4.69, 9.17) is 14.2 Å². The summed E-state index contributed by atoms with van der Waals surface area (Å²) in [6.45, 7) is 17.4. The minimum absolute atomic E-state index is 0.0500. The maximum Gasteiger partial charge on any atom is 0.329 e. The van der Waals surface area contributed by atoms with Gasteiger partial charge in [0, 0.05) is 20.0 Å². The molecule has 1 aromatic rings. The number of ether oxygens (including phenoxy) is 3. The number of cyclic esters (lactones) is 2. The van der Waals surface area contributed by atoms with E-state index in [0.29, 0.717) is 30.6 Å². The molecule has 2 saturated heterocycles. The quantitative estimate of drug-likeness (QED) is 0.142. The zero-order chi connectivity index (χ0) is 50.4. The summed E-state index contributed by atoms with van der Waals surface area (Å²) in [5.74, 6) is -7.71. The van der Waals surface area contributed by atoms with Gasteiger partial charge in [-0.15, -0.1) is 0 Å². The zero-order valence-electron chi connectivity index (χ0n) is 41.9. The Bertz CT molecular complexity index is 1870. The smallest absolute Gasteiger partial charge is 0.329 e. The van der Waals surface area contributed by atoms with Gasteiger partial charge >= 0.3 is 11.9 Å². The third-order valence-corrected chi connectivity index (χ3v) is 12.9. The molecular weight excluding hydrogens is 865 g/mol. The Hall–Kier alpha value is -5.10. The van der Waals surface area contributed by atoms with Crippen molar-refractivity contribution in [3.63, 3.8) is 0 Å². The van der Waals surface area contributed by atoms with E-state index in [2.05, 4.69) is 21.3 Å². The molecule has 2 aliphatic rings. The first-order chi connectivity index (χ1) is 31.4. The molecule has 0 spiro atoms. The second-order valence-corrected chi connectivity index (χ2v) is 19.5. The molecule has 11 atom stereocenters. The summed E-state index contributed by atoms with van der Waals surface area (Å²) in [6, 6.07) is 0.0322. The molecule has 0 radical (unpaired) electrons. The molecule has 18 nitrogen and oxygen atoms in total. The van der Waals surface area contributed by atoms with Crippen molar-refractivity contribution in [2.75, 3.05) is 27.7 Å². The van der Waals surface area contributed by atoms with Gasteiger partial charge in [-0.05, 0) is 87.9 Å². The Kier molecular flexibility index (Phi) is 21.7. The monoisotopic (exact) mass is 943 g/mol. The Morgan fingerprint density at radius 2 is 1.55 bits per heavy atom. The lowest BCUT2D eigenvalue weighted by Crippen LogP contribution is -2.61. The molecule has 0 aromatic heterocycles. The van der Waals surface area contributed by atoms with E-state index in [1.54, 1.807) is 52.1 Å². The number of carbonyl (C=O) groups is 8. The average molecular weight is 943 g/mol. The number of carbonyl (C=O) groups excluding carboxylic acids is 8. The fraction of sp³-hybridized carbons (Fsp3) is 0.714. The molecule has 376 valence electrons. The predicted octanol–water partition coefficient (Wildman–Crippen LogP) is 2.71. The normalized spacial score (nSPS) is 27.8. The summed E-state index contributed by atoms with van der Waals surface area (Å²) in [4.78, 5) is 116. The van der Waals surface area contributed by atoms with Crippen LogP contribution in [0.5, 0.6) is 5.75 Å². The van der Waals surface area contributed by atoms with Crippen molar-refractivity contribution in [2.24, 2.45) is 29.6 Å². The zero-order valence-corrected chi connectivity index (χ0v) is 41.9. The summed E-state index contributed by atoms with van der Waals surface area (Å²) in [5, 5.41) is 22.9. The van der Waals surface area contributed by atoms with Gasteiger partial charge in [-0.3, -0.25) is 33.6 Å². The second kappa shape index (κ2) is 25.9. The van der Waals surface area contributed by atoms with E-state index in [1.165, 1.54) is 37.8 Å². The minimum Gasteiger partial charge on any atom is -0.497 e. The number of ketones is 1. The number of hydrogen-bond donors (Lipinski definition) is 5. The highest BCUT2D eigenvalue weighted by Crippen LogP contribution is 2.26. The number of aliphatic hydroxyl groups is 1. The van der Waals surface area contributed by atoms with Gasteiger partial charge in [-0.25, -0.2) is 4.79 Å². The van der Waals surface area contributed by atoms with Crippen molar-refractivity contribution in [3.05, 3.63) is 29.8 Å². The van der Waals surface area contributed by atoms with Crippen molar-refractivity contribution in [1.29, 1.82) is 0 Å². The molecule has 2 heterocycles. The van der Waals surface area contributed by atoms with E-state index in [0.717, 1.165) is 0 Å². The molecule has 0 bridgehead atoms. The third kappa shape index (κ3) is 15.5. The van der Waals surface area contributed by atoms with Gasteiger partial charge < -0.3 is 50.4 Å². The number of esters is 2. The number of nitrogens with one attached hydrogen (secondary N) is 4. The lowest BCUT2D eigenvalue weighted by molar-refractivity contribution is -0.163. The molecule has 5 amide bonds. The number of likely N-dealkylation sites (N-methyl/N-ethyl adjacent to an activating group) is 2. The van der Waals surface area contributed by atoms with Crippen LogP contribution in [0.1, 0.15) is 113 Å². The van der Waals surface area contributed by atoms with Crippen molar-refractivity contribution in [1.82, 2.24) is 31.1 Å². The average Bonchev–Trinajstić information content (AvgIpc) is 3.77. The number of benzene rings is 1. The molecule has 3 rings (SSSR count). The Morgan fingerprint density at radius 3 is 2.10 bits per heavy atom. The predicted molar refractivity (Wildman–Crippen MR) is 250 cm³/mol. The standard InChI is InChI=1S/C49H78N6O12/c1-14-29(8)40-38(56)25-39(57)67-43(28(6)7)42(58)30(9)44(59)51-35(23-27(4)5)47(62)55-21-15-16-36(55)48(63)54(12)37(24-32-17-19-33(65-13)20-18-32)49(64)66-31(10)41(46(61)52-40)53-45(60)34(50-11)22-26(2)3/h17-20,26-31,34-38,40-41,43,50,56H,14-16,21-25H2,1-13H3,(H,51,59)(H,52,61)(H,53,60)/t29-,30-,31+,34+,35-,36-,37?,38-,40+,41?,43-/m0/s1. The molecule has 0 aliphatic carbocycles. The van der Waals surface area contributed by atoms with E-state index < -0.39 is 126 Å². The molecule has 1 aromatic carbocycles. The molecule has 2 unspecified atom stereocenters. The van der Waals surface area contributed by atoms with Crippen LogP contribution in [0.15, 0.2) is 24.3 Å². The van der Waals surface area contributed by atoms with E-state index in [-0.39, 0.29) is 37.6 Å². The number of rotatable bonds is 13. The highest BCUT2D eigenvalue weighted by atomic mass is 16.6. The summed E-state index contributed by atoms with van der Waals surface area (Å²) in [7, 11) is 4.56. The third-order valence-electron chi connectivity index (χ3n) is 12.9. The minimum atomic E-state index is -1.55. The van der Waals surface area contributed by atoms with Crippen LogP contribution in [0.4, 0.5) is 0 Å². The Labute approximate surface area is 396 Å². The molecule has 0 saturated carbocycles. The van der Waals surface area contributed by atoms with Gasteiger partial charge in [-0.1, -0.05) is 73.9 Å². The van der Waals surface area contributed by atoms with Crippen LogP contribution in [-0.4, -0.2) is 144 Å². The first kappa shape index (κ1) is 56.2. The molecular formula is C49H78N6O12. The number of fused-ring (bicyclic) bond motifs is 1. The van der Waals surface area contributed by atoms with Gasteiger partial charge in [0.1, 0.15) is 36.0 Å². The summed E-state index contributed by atoms with van der Waals surface area (Å²) < 4.78 is 17.1. The number of amides is 5. The van der Waals surface area contributed by atoms with Gasteiger partial charge in [0.15, 0.2) is 11.9 Å². The first-order valence-corrected chi connectivity index (χ1v) is 23.9. The Balaban J connectivity index is 2.23. The molecule has 67 heavy (non-hydrogen) atoms. The number of methoxy groups -OCH3 is 1. The summed E-state index contributed by atoms with van der Waals surface area (Å²) >= 11 is 0. The lowest BCUT2D eigenvalue weighted by Gasteiger charge is -2.35. The maximum absolute atomic E-state index is 14.7. The number of Topliss-reactive ketones (excluding diaryl/α,β-unsaturated/α-hetero) is 1. The number of aliphatic hydroxyl groups excluding tert-OH is 1. The molecule has 2 fully saturated rings. The lowest BCUT2D eigenvalue weighted by atomic mass is 9.91. The first-order valence-electron chi connectivity index (χ1n) is 23.9. The van der Waals surface area contributed by atoms with Crippen molar-refractivity contribution in [2.45, 2.75) is 169 Å². The van der Waals surface area contributed by atoms with Crippen LogP contribution >= 0.6 is 0 Å². The van der Waals surface area contributed by atoms with Gasteiger partial charge in [0.2, 0.25) is 29.5 Å². The van der Waals surface area contributed by atoms with Crippen LogP contribution < -0.4 is 26.0 Å². The van der Waals surface area contributed by atoms with Gasteiger partial charge in [0.05, 0.1) is 37.6 Å². The number of hydrogen-bond acceptors (Lipinski definition) is 13. The van der Waals surface area contributed by atoms with Crippen molar-refractivity contribution >= 4 is 47.3 Å². The van der Waals surface area contributed by atoms with E-state index in [9.17, 15) is 43.5 Å². The highest BCUT2D eigenvalue weighted by molar-refractivity contribution is 6.05. The molecule has 5 N–H and O–H groups in total. The maximum atomic E-state index is 14.7. The van der Waals surface area contributed by atoms with Crippen LogP contribution in [0, 0.1) is 29.6 Å². The Morgan fingerprint density at radius 1 is 0.910 bits per heavy atom. The second-order valence-electron chi connectivity index (χ2n) is 19.5. The SMILES string of the molecule is CC[C@H](C)[C@H]1NC(=O)C(NC(=O)[C@@H](CC(C)C)NC)[C@@H](C)OC(=O)C(Cc2ccc(OC)cc2)N(C)C(=O)[C@@H]2CCCN2C(=O)[C@H](CC(C)C)NC(=O)[C@@H](C)C(=O)[C@H](C(C)C)OC(=O)C[C@@H]1O. The van der Waals surface area contributed by atoms with Crippen molar-refractivity contribution in [3.8, 4) is 5.75 Å². The van der Waals surface area contributed by atoms with E-state index >= 15 is 0 Å². The molecule has 18 heteroatoms. The van der Waals surface area contributed by atoms with Crippen LogP contribution in [0.2, 0.25) is 0 Å². The van der Waals surface area contributed by atoms with Crippen LogP contribution in [-0.2, 0) is 54.3 Å². The largest absolute Gasteiger partial charge is 0.497 e. The van der Waals surface area contributed by atoms with Gasteiger partial charge in [-0.2, -0.15) is 0 Å². The van der Waals surface area contributed by atoms with Crippen LogP contribution in [0.3, 0.4) is 0 Å². The highest BCUT2D eigenvalue weighted by Gasteiger charge is 2.44. The van der Waals surface area contributed by atoms with Crippen LogP contribution in [0.25, 0.3) is 0 Å². The van der Waals surface area contributed by atoms with E-state index in [1.807, 2.05) is 34.6 Å². The fourth-order valence-electron chi connectivity index (χ4n) is 8.55. The summed E-state index contributed by atoms with van der Waals surface area (Å²) in [6.07, 6.45) is -3.30. The number of nitrogens with zero attached hydrogens (tertiary/aromatic N) is 2. The molecule has 2 aliphatic heterocycles. The topological polar surface area (TPSA) is 239 Å². The van der Waals surface area contributed by atoms with Gasteiger partial charge in [0.25, 0.3) is 0 Å². The summed E-state index contributed by atoms with van der Waals surface area (Å²) in [5.41, 5.74) is 0.631. The van der Waals surface area contributed by atoms with Crippen molar-refractivity contribution < 1.29 is 57.7 Å².